The largest absolute Gasteiger partial charge is 0.436 e. The van der Waals surface area contributed by atoms with Crippen molar-refractivity contribution < 1.29 is 4.42 Å². The van der Waals surface area contributed by atoms with Gasteiger partial charge in [0.25, 0.3) is 0 Å². The van der Waals surface area contributed by atoms with Gasteiger partial charge in [0.1, 0.15) is 5.52 Å². The molecule has 5 aromatic rings. The topological polar surface area (TPSA) is 26.0 Å². The first-order valence-electron chi connectivity index (χ1n) is 7.76. The van der Waals surface area contributed by atoms with Crippen LogP contribution in [0.2, 0.25) is 5.02 Å². The molecule has 0 fully saturated rings. The Balaban J connectivity index is 1.78. The van der Waals surface area contributed by atoms with Gasteiger partial charge in [-0.2, -0.15) is 0 Å². The van der Waals surface area contributed by atoms with Gasteiger partial charge in [0.15, 0.2) is 5.58 Å². The van der Waals surface area contributed by atoms with Gasteiger partial charge >= 0.3 is 0 Å². The van der Waals surface area contributed by atoms with Crippen molar-refractivity contribution in [3.05, 3.63) is 77.8 Å². The molecular weight excluding hydrogens is 318 g/mol. The first-order valence-corrected chi connectivity index (χ1v) is 8.14. The van der Waals surface area contributed by atoms with Crippen LogP contribution in [0.1, 0.15) is 0 Å². The van der Waals surface area contributed by atoms with Crippen LogP contribution in [0.4, 0.5) is 0 Å². The molecule has 0 N–H and O–H groups in total. The molecule has 1 heterocycles. The number of benzene rings is 4. The summed E-state index contributed by atoms with van der Waals surface area (Å²) in [6.45, 7) is 0. The Hall–Kier alpha value is -2.84. The van der Waals surface area contributed by atoms with Crippen molar-refractivity contribution in [1.82, 2.24) is 4.98 Å². The molecule has 0 radical (unpaired) electrons. The van der Waals surface area contributed by atoms with Crippen LogP contribution in [0.5, 0.6) is 0 Å². The number of nitrogens with zero attached hydrogens (tertiary/aromatic N) is 1. The molecule has 0 aliphatic carbocycles. The minimum atomic E-state index is 0.614. The Bertz CT molecular complexity index is 1220. The zero-order valence-electron chi connectivity index (χ0n) is 12.7. The summed E-state index contributed by atoms with van der Waals surface area (Å²) in [6.07, 6.45) is 0. The van der Waals surface area contributed by atoms with E-state index in [1.54, 1.807) is 0 Å². The van der Waals surface area contributed by atoms with Gasteiger partial charge < -0.3 is 4.42 Å². The van der Waals surface area contributed by atoms with E-state index in [4.69, 9.17) is 21.0 Å². The zero-order valence-corrected chi connectivity index (χ0v) is 13.4. The first kappa shape index (κ1) is 13.6. The van der Waals surface area contributed by atoms with E-state index in [1.807, 2.05) is 48.5 Å². The molecule has 0 saturated heterocycles. The second-order valence-electron chi connectivity index (χ2n) is 5.83. The molecular formula is C21H12ClNO. The third-order valence-electron chi connectivity index (χ3n) is 4.35. The molecule has 24 heavy (non-hydrogen) atoms. The number of hydrogen-bond acceptors (Lipinski definition) is 2. The normalized spacial score (nSPS) is 11.5. The van der Waals surface area contributed by atoms with E-state index in [0.29, 0.717) is 16.5 Å². The van der Waals surface area contributed by atoms with Crippen LogP contribution in [0.3, 0.4) is 0 Å². The van der Waals surface area contributed by atoms with E-state index in [2.05, 4.69) is 24.3 Å². The fourth-order valence-corrected chi connectivity index (χ4v) is 3.42. The van der Waals surface area contributed by atoms with Crippen molar-refractivity contribution in [1.29, 1.82) is 0 Å². The Kier molecular flexibility index (Phi) is 2.88. The highest BCUT2D eigenvalue weighted by atomic mass is 35.5. The Morgan fingerprint density at radius 2 is 1.50 bits per heavy atom. The van der Waals surface area contributed by atoms with Gasteiger partial charge in [-0.3, -0.25) is 0 Å². The molecule has 4 aromatic carbocycles. The van der Waals surface area contributed by atoms with Gasteiger partial charge in [-0.15, -0.1) is 0 Å². The molecule has 0 unspecified atom stereocenters. The standard InChI is InChI=1S/C21H12ClNO/c22-18-12-19-20(17-8-4-3-7-16(17)18)23-21(24-19)15-10-9-13-5-1-2-6-14(13)11-15/h1-12H. The van der Waals surface area contributed by atoms with Crippen molar-refractivity contribution in [2.24, 2.45) is 0 Å². The molecule has 0 saturated carbocycles. The maximum absolute atomic E-state index is 6.38. The maximum Gasteiger partial charge on any atom is 0.227 e. The van der Waals surface area contributed by atoms with Gasteiger partial charge in [-0.1, -0.05) is 66.2 Å². The van der Waals surface area contributed by atoms with E-state index in [0.717, 1.165) is 21.9 Å². The minimum absolute atomic E-state index is 0.614. The number of rotatable bonds is 1. The second-order valence-corrected chi connectivity index (χ2v) is 6.24. The Morgan fingerprint density at radius 1 is 0.750 bits per heavy atom. The molecule has 0 aliphatic heterocycles. The molecule has 1 aromatic heterocycles. The van der Waals surface area contributed by atoms with Crippen LogP contribution in [0.15, 0.2) is 77.2 Å². The third-order valence-corrected chi connectivity index (χ3v) is 4.66. The number of oxazole rings is 1. The predicted molar refractivity (Wildman–Crippen MR) is 99.5 cm³/mol. The fourth-order valence-electron chi connectivity index (χ4n) is 3.16. The summed E-state index contributed by atoms with van der Waals surface area (Å²) in [7, 11) is 0. The van der Waals surface area contributed by atoms with E-state index in [1.165, 1.54) is 10.8 Å². The minimum Gasteiger partial charge on any atom is -0.436 e. The van der Waals surface area contributed by atoms with Gasteiger partial charge in [0, 0.05) is 22.4 Å². The number of fused-ring (bicyclic) bond motifs is 4. The molecule has 3 heteroatoms. The SMILES string of the molecule is Clc1cc2oc(-c3ccc4ccccc4c3)nc2c2ccccc12. The summed E-state index contributed by atoms with van der Waals surface area (Å²) in [6, 6.07) is 24.3. The highest BCUT2D eigenvalue weighted by Crippen LogP contribution is 2.34. The lowest BCUT2D eigenvalue weighted by molar-refractivity contribution is 0.620. The van der Waals surface area contributed by atoms with E-state index < -0.39 is 0 Å². The summed E-state index contributed by atoms with van der Waals surface area (Å²) < 4.78 is 6.00. The number of halogens is 1. The lowest BCUT2D eigenvalue weighted by Gasteiger charge is -1.99. The van der Waals surface area contributed by atoms with Gasteiger partial charge in [-0.05, 0) is 22.9 Å². The first-order chi connectivity index (χ1) is 11.8. The van der Waals surface area contributed by atoms with Gasteiger partial charge in [0.2, 0.25) is 5.89 Å². The second kappa shape index (κ2) is 5.08. The fraction of sp³-hybridized carbons (Fsp3) is 0. The number of hydrogen-bond donors (Lipinski definition) is 0. The quantitative estimate of drug-likeness (QED) is 0.353. The Morgan fingerprint density at radius 3 is 2.38 bits per heavy atom. The maximum atomic E-state index is 6.38. The van der Waals surface area contributed by atoms with E-state index >= 15 is 0 Å². The summed E-state index contributed by atoms with van der Waals surface area (Å²) in [4.78, 5) is 4.73. The van der Waals surface area contributed by atoms with Crippen LogP contribution >= 0.6 is 11.6 Å². The monoisotopic (exact) mass is 329 g/mol. The van der Waals surface area contributed by atoms with Crippen molar-refractivity contribution in [3.8, 4) is 11.5 Å². The average molecular weight is 330 g/mol. The smallest absolute Gasteiger partial charge is 0.227 e. The lowest BCUT2D eigenvalue weighted by Crippen LogP contribution is -1.79. The van der Waals surface area contributed by atoms with Crippen molar-refractivity contribution >= 4 is 44.2 Å². The molecule has 2 nitrogen and oxygen atoms in total. The zero-order chi connectivity index (χ0) is 16.1. The average Bonchev–Trinajstić information content (AvgIpc) is 3.06. The van der Waals surface area contributed by atoms with Crippen molar-refractivity contribution in [3.63, 3.8) is 0 Å². The lowest BCUT2D eigenvalue weighted by atomic mass is 10.1. The molecule has 5 rings (SSSR count). The van der Waals surface area contributed by atoms with Crippen molar-refractivity contribution in [2.45, 2.75) is 0 Å². The van der Waals surface area contributed by atoms with E-state index in [9.17, 15) is 0 Å². The summed E-state index contributed by atoms with van der Waals surface area (Å²) in [5.74, 6) is 0.614. The van der Waals surface area contributed by atoms with Gasteiger partial charge in [-0.25, -0.2) is 4.98 Å². The highest BCUT2D eigenvalue weighted by Gasteiger charge is 2.13. The van der Waals surface area contributed by atoms with Crippen LogP contribution in [0, 0.1) is 0 Å². The summed E-state index contributed by atoms with van der Waals surface area (Å²) >= 11 is 6.38. The Labute approximate surface area is 143 Å². The number of aromatic nitrogens is 1. The third kappa shape index (κ3) is 2.00. The van der Waals surface area contributed by atoms with Gasteiger partial charge in [0.05, 0.1) is 5.02 Å². The predicted octanol–water partition coefficient (Wildman–Crippen LogP) is 6.45. The van der Waals surface area contributed by atoms with Crippen LogP contribution < -0.4 is 0 Å². The van der Waals surface area contributed by atoms with Crippen LogP contribution in [-0.4, -0.2) is 4.98 Å². The van der Waals surface area contributed by atoms with Crippen LogP contribution in [0.25, 0.3) is 44.1 Å². The summed E-state index contributed by atoms with van der Waals surface area (Å²) in [5, 5.41) is 5.05. The molecule has 114 valence electrons. The van der Waals surface area contributed by atoms with E-state index in [-0.39, 0.29) is 0 Å². The molecule has 0 atom stereocenters. The molecule has 0 spiro atoms. The summed E-state index contributed by atoms with van der Waals surface area (Å²) in [5.41, 5.74) is 2.52. The highest BCUT2D eigenvalue weighted by molar-refractivity contribution is 6.37. The molecule has 0 bridgehead atoms. The molecule has 0 amide bonds. The molecule has 0 aliphatic rings. The van der Waals surface area contributed by atoms with Crippen molar-refractivity contribution in [2.75, 3.05) is 0 Å². The van der Waals surface area contributed by atoms with Crippen LogP contribution in [-0.2, 0) is 0 Å².